The molecule has 0 saturated heterocycles. The molecule has 3 aromatic rings. The highest BCUT2D eigenvalue weighted by Gasteiger charge is 2.25. The molecule has 0 aliphatic carbocycles. The summed E-state index contributed by atoms with van der Waals surface area (Å²) in [4.78, 5) is 17.2. The third kappa shape index (κ3) is 5.46. The standard InChI is InChI=1S/C24H28N6O/c1-30-21-7-3-2-5-17(21)15-19(23(31)20(26)6-4-14-29-24(27)28)22(30)13-10-16-8-11-18(25)12-9-16/h2-3,5,7-13,15,20,25H,4,6,14,26H2,1H3,(H4,27,28,29)/p+1. The lowest BCUT2D eigenvalue weighted by atomic mass is 9.97. The molecule has 1 atom stereocenters. The van der Waals surface area contributed by atoms with Crippen LogP contribution >= 0.6 is 0 Å². The number of para-hydroxylation sites is 1. The number of carbonyl (C=O) groups is 1. The number of hydrogen-bond donors (Lipinski definition) is 4. The Morgan fingerprint density at radius 2 is 1.81 bits per heavy atom. The Bertz CT molecular complexity index is 1130. The van der Waals surface area contributed by atoms with Gasteiger partial charge in [0.25, 0.3) is 0 Å². The van der Waals surface area contributed by atoms with Gasteiger partial charge >= 0.3 is 0 Å². The number of benzene rings is 2. The molecular weight excluding hydrogens is 388 g/mol. The highest BCUT2D eigenvalue weighted by molar-refractivity contribution is 6.04. The fourth-order valence-electron chi connectivity index (χ4n) is 3.49. The minimum absolute atomic E-state index is 0.0385. The van der Waals surface area contributed by atoms with Crippen LogP contribution in [0.5, 0.6) is 0 Å². The van der Waals surface area contributed by atoms with E-state index in [0.717, 1.165) is 22.2 Å². The van der Waals surface area contributed by atoms with E-state index in [0.29, 0.717) is 30.6 Å². The van der Waals surface area contributed by atoms with E-state index in [1.807, 2.05) is 78.4 Å². The highest BCUT2D eigenvalue weighted by Crippen LogP contribution is 2.20. The predicted octanol–water partition coefficient (Wildman–Crippen LogP) is 1.98. The number of nitrogens with two attached hydrogens (primary N) is 4. The summed E-state index contributed by atoms with van der Waals surface area (Å²) in [5.74, 6) is -0.0699. The van der Waals surface area contributed by atoms with Gasteiger partial charge in [-0.05, 0) is 48.7 Å². The van der Waals surface area contributed by atoms with E-state index in [4.69, 9.17) is 22.9 Å². The molecule has 0 saturated carbocycles. The van der Waals surface area contributed by atoms with Crippen LogP contribution in [-0.2, 0) is 7.05 Å². The lowest BCUT2D eigenvalue weighted by Gasteiger charge is -2.12. The molecule has 160 valence electrons. The van der Waals surface area contributed by atoms with Gasteiger partial charge in [-0.1, -0.05) is 24.3 Å². The molecule has 7 heteroatoms. The van der Waals surface area contributed by atoms with Crippen molar-refractivity contribution in [3.8, 4) is 0 Å². The quantitative estimate of drug-likeness (QED) is 0.111. The number of ketones is 1. The number of hydrogen-bond acceptors (Lipinski definition) is 4. The molecule has 0 aliphatic heterocycles. The van der Waals surface area contributed by atoms with Gasteiger partial charge in [-0.2, -0.15) is 4.57 Å². The van der Waals surface area contributed by atoms with Crippen LogP contribution < -0.4 is 27.5 Å². The average Bonchev–Trinajstić information content (AvgIpc) is 2.76. The summed E-state index contributed by atoms with van der Waals surface area (Å²) >= 11 is 0. The van der Waals surface area contributed by atoms with Gasteiger partial charge in [0, 0.05) is 29.8 Å². The Morgan fingerprint density at radius 3 is 2.52 bits per heavy atom. The van der Waals surface area contributed by atoms with Gasteiger partial charge in [-0.15, -0.1) is 0 Å². The molecule has 2 aromatic carbocycles. The van der Waals surface area contributed by atoms with Crippen LogP contribution in [0, 0.1) is 0 Å². The molecule has 0 amide bonds. The summed E-state index contributed by atoms with van der Waals surface area (Å²) in [5.41, 5.74) is 26.8. The van der Waals surface area contributed by atoms with Crippen LogP contribution in [0.25, 0.3) is 23.1 Å². The number of Topliss-reactive ketones (excluding diaryl/α,β-unsaturated/α-hetero) is 1. The molecule has 0 radical (unpaired) electrons. The highest BCUT2D eigenvalue weighted by atomic mass is 16.1. The van der Waals surface area contributed by atoms with Crippen LogP contribution in [0.1, 0.15) is 34.5 Å². The first-order chi connectivity index (χ1) is 14.9. The maximum Gasteiger partial charge on any atom is 0.216 e. The maximum atomic E-state index is 13.3. The number of carbonyl (C=O) groups excluding carboxylic acids is 1. The average molecular weight is 418 g/mol. The summed E-state index contributed by atoms with van der Waals surface area (Å²) in [6.07, 6.45) is 5.02. The number of rotatable bonds is 8. The first kappa shape index (κ1) is 22.0. The van der Waals surface area contributed by atoms with Crippen molar-refractivity contribution in [3.63, 3.8) is 0 Å². The number of aromatic nitrogens is 1. The molecule has 1 aromatic heterocycles. The second kappa shape index (κ2) is 9.86. The lowest BCUT2D eigenvalue weighted by Crippen LogP contribution is -2.38. The van der Waals surface area contributed by atoms with Crippen molar-refractivity contribution in [1.82, 2.24) is 0 Å². The third-order valence-electron chi connectivity index (χ3n) is 5.18. The van der Waals surface area contributed by atoms with Gasteiger partial charge in [0.2, 0.25) is 11.2 Å². The van der Waals surface area contributed by atoms with Gasteiger partial charge in [-0.3, -0.25) is 9.79 Å². The van der Waals surface area contributed by atoms with Gasteiger partial charge < -0.3 is 22.9 Å². The minimum Gasteiger partial charge on any atom is -0.399 e. The Labute approximate surface area is 182 Å². The molecule has 7 nitrogen and oxygen atoms in total. The molecule has 1 unspecified atom stereocenters. The van der Waals surface area contributed by atoms with Crippen molar-refractivity contribution in [1.29, 1.82) is 0 Å². The monoisotopic (exact) mass is 417 g/mol. The van der Waals surface area contributed by atoms with Crippen LogP contribution in [0.15, 0.2) is 59.6 Å². The molecule has 8 N–H and O–H groups in total. The number of nitrogen functional groups attached to an aromatic ring is 1. The van der Waals surface area contributed by atoms with Gasteiger partial charge in [0.1, 0.15) is 7.05 Å². The predicted molar refractivity (Wildman–Crippen MR) is 127 cm³/mol. The Balaban J connectivity index is 1.96. The number of aryl methyl sites for hydroxylation is 1. The fraction of sp³-hybridized carbons (Fsp3) is 0.208. The summed E-state index contributed by atoms with van der Waals surface area (Å²) in [7, 11) is 1.95. The number of pyridine rings is 1. The van der Waals surface area contributed by atoms with Gasteiger partial charge in [0.15, 0.2) is 11.7 Å². The van der Waals surface area contributed by atoms with E-state index < -0.39 is 6.04 Å². The zero-order chi connectivity index (χ0) is 22.4. The summed E-state index contributed by atoms with van der Waals surface area (Å²) in [6, 6.07) is 16.8. The van der Waals surface area contributed by atoms with Gasteiger partial charge in [-0.25, -0.2) is 0 Å². The van der Waals surface area contributed by atoms with Crippen molar-refractivity contribution in [2.75, 3.05) is 12.3 Å². The second-order valence-electron chi connectivity index (χ2n) is 7.48. The van der Waals surface area contributed by atoms with E-state index in [-0.39, 0.29) is 11.7 Å². The lowest BCUT2D eigenvalue weighted by molar-refractivity contribution is -0.646. The molecule has 0 aliphatic rings. The van der Waals surface area contributed by atoms with Crippen molar-refractivity contribution < 1.29 is 9.36 Å². The Kier molecular flexibility index (Phi) is 6.99. The smallest absolute Gasteiger partial charge is 0.216 e. The fourth-order valence-corrected chi connectivity index (χ4v) is 3.49. The summed E-state index contributed by atoms with van der Waals surface area (Å²) in [5, 5.41) is 0.977. The SMILES string of the molecule is C[n+]1c(/C=C\c2ccc(N)cc2)c(C(=O)C(N)CCCN=C(N)N)cc2ccccc21. The van der Waals surface area contributed by atoms with E-state index in [9.17, 15) is 4.79 Å². The first-order valence-corrected chi connectivity index (χ1v) is 10.2. The maximum absolute atomic E-state index is 13.3. The Hall–Kier alpha value is -3.71. The number of fused-ring (bicyclic) bond motifs is 1. The number of anilines is 1. The second-order valence-corrected chi connectivity index (χ2v) is 7.48. The third-order valence-corrected chi connectivity index (χ3v) is 5.18. The van der Waals surface area contributed by atoms with Crippen LogP contribution in [0.3, 0.4) is 0 Å². The molecule has 0 fully saturated rings. The van der Waals surface area contributed by atoms with Gasteiger partial charge in [0.05, 0.1) is 11.6 Å². The van der Waals surface area contributed by atoms with E-state index in [1.54, 1.807) is 0 Å². The molecule has 31 heavy (non-hydrogen) atoms. The largest absolute Gasteiger partial charge is 0.399 e. The molecule has 1 heterocycles. The summed E-state index contributed by atoms with van der Waals surface area (Å²) < 4.78 is 2.02. The first-order valence-electron chi connectivity index (χ1n) is 10.2. The molecular formula is C24H29N6O+. The van der Waals surface area contributed by atoms with Crippen LogP contribution in [-0.4, -0.2) is 24.3 Å². The molecule has 3 rings (SSSR count). The summed E-state index contributed by atoms with van der Waals surface area (Å²) in [6.45, 7) is 0.443. The van der Waals surface area contributed by atoms with Crippen LogP contribution in [0.4, 0.5) is 5.69 Å². The van der Waals surface area contributed by atoms with Crippen molar-refractivity contribution in [3.05, 3.63) is 71.4 Å². The van der Waals surface area contributed by atoms with Crippen molar-refractivity contribution in [2.24, 2.45) is 29.2 Å². The Morgan fingerprint density at radius 1 is 1.10 bits per heavy atom. The number of nitrogens with zero attached hydrogens (tertiary/aromatic N) is 2. The molecule has 0 spiro atoms. The van der Waals surface area contributed by atoms with E-state index >= 15 is 0 Å². The topological polar surface area (TPSA) is 137 Å². The minimum atomic E-state index is -0.640. The zero-order valence-electron chi connectivity index (χ0n) is 17.7. The van der Waals surface area contributed by atoms with E-state index in [2.05, 4.69) is 4.99 Å². The van der Waals surface area contributed by atoms with Crippen LogP contribution in [0.2, 0.25) is 0 Å². The normalized spacial score (nSPS) is 12.2. The number of guanidine groups is 1. The zero-order valence-corrected chi connectivity index (χ0v) is 17.7. The van der Waals surface area contributed by atoms with E-state index in [1.165, 1.54) is 0 Å². The molecule has 0 bridgehead atoms. The number of aliphatic imine (C=N–C) groups is 1. The van der Waals surface area contributed by atoms with Crippen molar-refractivity contribution >= 4 is 40.5 Å². The van der Waals surface area contributed by atoms with Crippen molar-refractivity contribution in [2.45, 2.75) is 18.9 Å².